The summed E-state index contributed by atoms with van der Waals surface area (Å²) in [5, 5.41) is 10.1. The number of carbonyl (C=O) groups is 1. The van der Waals surface area contributed by atoms with Gasteiger partial charge >= 0.3 is 6.09 Å². The monoisotopic (exact) mass is 311 g/mol. The molecule has 0 bridgehead atoms. The van der Waals surface area contributed by atoms with Gasteiger partial charge < -0.3 is 20.7 Å². The lowest BCUT2D eigenvalue weighted by molar-refractivity contribution is 0.0489. The van der Waals surface area contributed by atoms with E-state index in [1.807, 2.05) is 20.8 Å². The molecule has 1 aliphatic heterocycles. The lowest BCUT2D eigenvalue weighted by Crippen LogP contribution is -2.45. The third-order valence-corrected chi connectivity index (χ3v) is 4.60. The van der Waals surface area contributed by atoms with Crippen LogP contribution in [0.1, 0.15) is 59.3 Å². The lowest BCUT2D eigenvalue weighted by Gasteiger charge is -2.32. The molecule has 1 aliphatic carbocycles. The number of piperidine rings is 1. The summed E-state index contributed by atoms with van der Waals surface area (Å²) < 4.78 is 5.32. The second-order valence-electron chi connectivity index (χ2n) is 7.80. The molecule has 22 heavy (non-hydrogen) atoms. The van der Waals surface area contributed by atoms with Gasteiger partial charge in [-0.05, 0) is 84.8 Å². The summed E-state index contributed by atoms with van der Waals surface area (Å²) in [4.78, 5) is 11.8. The first kappa shape index (κ1) is 17.5. The van der Waals surface area contributed by atoms with E-state index in [0.717, 1.165) is 38.1 Å². The Kier molecular flexibility index (Phi) is 6.50. The van der Waals surface area contributed by atoms with Crippen LogP contribution in [-0.4, -0.2) is 43.4 Å². The van der Waals surface area contributed by atoms with Crippen molar-refractivity contribution in [2.45, 2.75) is 77.0 Å². The zero-order chi connectivity index (χ0) is 16.0. The Labute approximate surface area is 134 Å². The second kappa shape index (κ2) is 8.16. The van der Waals surface area contributed by atoms with Crippen LogP contribution >= 0.6 is 0 Å². The molecule has 2 aliphatic rings. The van der Waals surface area contributed by atoms with Crippen LogP contribution in [0.15, 0.2) is 0 Å². The molecule has 1 saturated carbocycles. The third kappa shape index (κ3) is 6.53. The standard InChI is InChI=1S/C17H33N3O2/c1-17(2,3)22-16(21)20-15-6-4-14(5-7-15)19-12-13-8-10-18-11-9-13/h13-15,18-19H,4-12H2,1-3H3,(H,20,21). The predicted octanol–water partition coefficient (Wildman–Crippen LogP) is 2.41. The lowest BCUT2D eigenvalue weighted by atomic mass is 9.90. The maximum atomic E-state index is 11.8. The van der Waals surface area contributed by atoms with Gasteiger partial charge in [0, 0.05) is 12.1 Å². The number of ether oxygens (including phenoxy) is 1. The van der Waals surface area contributed by atoms with Gasteiger partial charge in [-0.3, -0.25) is 0 Å². The van der Waals surface area contributed by atoms with Crippen LogP contribution in [0.25, 0.3) is 0 Å². The summed E-state index contributed by atoms with van der Waals surface area (Å²) in [6, 6.07) is 0.887. The van der Waals surface area contributed by atoms with E-state index in [1.54, 1.807) is 0 Å². The Morgan fingerprint density at radius 3 is 2.23 bits per heavy atom. The zero-order valence-electron chi connectivity index (χ0n) is 14.4. The van der Waals surface area contributed by atoms with Crippen LogP contribution < -0.4 is 16.0 Å². The summed E-state index contributed by atoms with van der Waals surface area (Å²) in [7, 11) is 0. The van der Waals surface area contributed by atoms with Crippen LogP contribution in [0.2, 0.25) is 0 Å². The smallest absolute Gasteiger partial charge is 0.407 e. The molecular formula is C17H33N3O2. The molecule has 0 unspecified atom stereocenters. The summed E-state index contributed by atoms with van der Waals surface area (Å²) in [6.07, 6.45) is 6.69. The van der Waals surface area contributed by atoms with E-state index in [4.69, 9.17) is 4.74 Å². The van der Waals surface area contributed by atoms with Gasteiger partial charge in [-0.15, -0.1) is 0 Å². The van der Waals surface area contributed by atoms with Gasteiger partial charge in [0.25, 0.3) is 0 Å². The minimum absolute atomic E-state index is 0.270. The molecule has 0 spiro atoms. The average Bonchev–Trinajstić information content (AvgIpc) is 2.45. The SMILES string of the molecule is CC(C)(C)OC(=O)NC1CCC(NCC2CCNCC2)CC1. The normalized spacial score (nSPS) is 27.4. The van der Waals surface area contributed by atoms with Gasteiger partial charge in [0.2, 0.25) is 0 Å². The molecule has 0 aromatic heterocycles. The van der Waals surface area contributed by atoms with Crippen molar-refractivity contribution >= 4 is 6.09 Å². The number of nitrogens with one attached hydrogen (secondary N) is 3. The van der Waals surface area contributed by atoms with Crippen molar-refractivity contribution in [3.05, 3.63) is 0 Å². The fourth-order valence-corrected chi connectivity index (χ4v) is 3.34. The number of alkyl carbamates (subject to hydrolysis) is 1. The van der Waals surface area contributed by atoms with E-state index in [2.05, 4.69) is 16.0 Å². The van der Waals surface area contributed by atoms with Crippen molar-refractivity contribution < 1.29 is 9.53 Å². The van der Waals surface area contributed by atoms with E-state index in [-0.39, 0.29) is 12.1 Å². The Morgan fingerprint density at radius 2 is 1.64 bits per heavy atom. The van der Waals surface area contributed by atoms with E-state index >= 15 is 0 Å². The van der Waals surface area contributed by atoms with Gasteiger partial charge in [0.15, 0.2) is 0 Å². The van der Waals surface area contributed by atoms with Gasteiger partial charge in [-0.1, -0.05) is 0 Å². The van der Waals surface area contributed by atoms with Crippen molar-refractivity contribution in [3.8, 4) is 0 Å². The Bertz CT molecular complexity index is 340. The van der Waals surface area contributed by atoms with Gasteiger partial charge in [0.05, 0.1) is 0 Å². The van der Waals surface area contributed by atoms with Crippen LogP contribution in [0.5, 0.6) is 0 Å². The molecule has 5 nitrogen and oxygen atoms in total. The van der Waals surface area contributed by atoms with Gasteiger partial charge in [0.1, 0.15) is 5.60 Å². The fourth-order valence-electron chi connectivity index (χ4n) is 3.34. The molecular weight excluding hydrogens is 278 g/mol. The topological polar surface area (TPSA) is 62.4 Å². The molecule has 0 radical (unpaired) electrons. The number of carbonyl (C=O) groups excluding carboxylic acids is 1. The van der Waals surface area contributed by atoms with Crippen molar-refractivity contribution in [2.24, 2.45) is 5.92 Å². The molecule has 2 rings (SSSR count). The third-order valence-electron chi connectivity index (χ3n) is 4.60. The highest BCUT2D eigenvalue weighted by atomic mass is 16.6. The molecule has 1 amide bonds. The van der Waals surface area contributed by atoms with Crippen LogP contribution in [0.4, 0.5) is 4.79 Å². The molecule has 0 aromatic carbocycles. The summed E-state index contributed by atoms with van der Waals surface area (Å²) in [6.45, 7) is 9.17. The maximum absolute atomic E-state index is 11.8. The highest BCUT2D eigenvalue weighted by molar-refractivity contribution is 5.68. The van der Waals surface area contributed by atoms with Crippen molar-refractivity contribution in [2.75, 3.05) is 19.6 Å². The Balaban J connectivity index is 1.60. The number of rotatable bonds is 4. The Hall–Kier alpha value is -0.810. The highest BCUT2D eigenvalue weighted by Crippen LogP contribution is 2.20. The summed E-state index contributed by atoms with van der Waals surface area (Å²) in [5.74, 6) is 0.832. The minimum atomic E-state index is -0.419. The fraction of sp³-hybridized carbons (Fsp3) is 0.941. The van der Waals surface area contributed by atoms with Crippen molar-refractivity contribution in [1.29, 1.82) is 0 Å². The maximum Gasteiger partial charge on any atom is 0.407 e. The Morgan fingerprint density at radius 1 is 1.05 bits per heavy atom. The van der Waals surface area contributed by atoms with E-state index in [0.29, 0.717) is 6.04 Å². The number of hydrogen-bond donors (Lipinski definition) is 3. The van der Waals surface area contributed by atoms with E-state index in [9.17, 15) is 4.79 Å². The summed E-state index contributed by atoms with van der Waals surface area (Å²) in [5.41, 5.74) is -0.419. The zero-order valence-corrected chi connectivity index (χ0v) is 14.4. The molecule has 2 fully saturated rings. The molecule has 1 saturated heterocycles. The van der Waals surface area contributed by atoms with Crippen molar-refractivity contribution in [3.63, 3.8) is 0 Å². The molecule has 3 N–H and O–H groups in total. The minimum Gasteiger partial charge on any atom is -0.444 e. The van der Waals surface area contributed by atoms with E-state index < -0.39 is 5.60 Å². The first-order valence-corrected chi connectivity index (χ1v) is 8.86. The molecule has 0 aromatic rings. The van der Waals surface area contributed by atoms with Crippen LogP contribution in [0.3, 0.4) is 0 Å². The number of amides is 1. The van der Waals surface area contributed by atoms with Gasteiger partial charge in [-0.25, -0.2) is 4.79 Å². The number of hydrogen-bond acceptors (Lipinski definition) is 4. The van der Waals surface area contributed by atoms with Gasteiger partial charge in [-0.2, -0.15) is 0 Å². The first-order chi connectivity index (χ1) is 10.4. The predicted molar refractivity (Wildman–Crippen MR) is 89.0 cm³/mol. The van der Waals surface area contributed by atoms with E-state index in [1.165, 1.54) is 25.9 Å². The highest BCUT2D eigenvalue weighted by Gasteiger charge is 2.25. The van der Waals surface area contributed by atoms with Crippen molar-refractivity contribution in [1.82, 2.24) is 16.0 Å². The quantitative estimate of drug-likeness (QED) is 0.746. The average molecular weight is 311 g/mol. The molecule has 5 heteroatoms. The van der Waals surface area contributed by atoms with Crippen LogP contribution in [0, 0.1) is 5.92 Å². The second-order valence-corrected chi connectivity index (χ2v) is 7.80. The first-order valence-electron chi connectivity index (χ1n) is 8.86. The largest absolute Gasteiger partial charge is 0.444 e. The van der Waals surface area contributed by atoms with Crippen LogP contribution in [-0.2, 0) is 4.74 Å². The molecule has 1 heterocycles. The summed E-state index contributed by atoms with van der Waals surface area (Å²) >= 11 is 0. The molecule has 128 valence electrons. The molecule has 0 atom stereocenters.